The minimum absolute atomic E-state index is 0.456. The van der Waals surface area contributed by atoms with Crippen LogP contribution < -0.4 is 10.1 Å². The molecule has 1 aromatic rings. The molecule has 4 nitrogen and oxygen atoms in total. The van der Waals surface area contributed by atoms with Crippen LogP contribution in [0.2, 0.25) is 0 Å². The van der Waals surface area contributed by atoms with Crippen LogP contribution in [-0.2, 0) is 0 Å². The van der Waals surface area contributed by atoms with E-state index in [9.17, 15) is 0 Å². The van der Waals surface area contributed by atoms with E-state index in [0.717, 1.165) is 18.8 Å². The van der Waals surface area contributed by atoms with E-state index in [-0.39, 0.29) is 0 Å². The van der Waals surface area contributed by atoms with Gasteiger partial charge in [0, 0.05) is 18.4 Å². The second-order valence-corrected chi connectivity index (χ2v) is 2.68. The Morgan fingerprint density at radius 3 is 3.08 bits per heavy atom. The number of nitrogens with one attached hydrogen (secondary N) is 1. The lowest BCUT2D eigenvalue weighted by Crippen LogP contribution is -2.20. The molecule has 0 bridgehead atoms. The summed E-state index contributed by atoms with van der Waals surface area (Å²) in [7, 11) is 0. The smallest absolute Gasteiger partial charge is 0.316 e. The number of aryl methyl sites for hydroxylation is 1. The summed E-state index contributed by atoms with van der Waals surface area (Å²) in [6.45, 7) is 6.37. The van der Waals surface area contributed by atoms with Crippen molar-refractivity contribution in [1.82, 2.24) is 15.3 Å². The van der Waals surface area contributed by atoms with Crippen molar-refractivity contribution in [3.63, 3.8) is 0 Å². The van der Waals surface area contributed by atoms with Crippen LogP contribution in [0.4, 0.5) is 0 Å². The average Bonchev–Trinajstić information content (AvgIpc) is 2.13. The number of aromatic nitrogens is 2. The zero-order chi connectivity index (χ0) is 9.52. The minimum Gasteiger partial charge on any atom is -0.462 e. The Morgan fingerprint density at radius 2 is 2.38 bits per heavy atom. The third-order valence-corrected chi connectivity index (χ3v) is 1.53. The van der Waals surface area contributed by atoms with E-state index in [1.165, 1.54) is 0 Å². The van der Waals surface area contributed by atoms with Gasteiger partial charge in [-0.2, -0.15) is 0 Å². The zero-order valence-electron chi connectivity index (χ0n) is 8.08. The number of likely N-dealkylation sites (N-methyl/N-ethyl adjacent to an activating group) is 1. The van der Waals surface area contributed by atoms with Crippen molar-refractivity contribution in [2.75, 3.05) is 19.7 Å². The third-order valence-electron chi connectivity index (χ3n) is 1.53. The van der Waals surface area contributed by atoms with Crippen LogP contribution in [-0.4, -0.2) is 29.7 Å². The molecule has 0 fully saturated rings. The van der Waals surface area contributed by atoms with Gasteiger partial charge in [-0.25, -0.2) is 9.97 Å². The average molecular weight is 181 g/mol. The Labute approximate surface area is 78.4 Å². The minimum atomic E-state index is 0.456. The van der Waals surface area contributed by atoms with Gasteiger partial charge in [0.25, 0.3) is 0 Å². The maximum atomic E-state index is 5.30. The van der Waals surface area contributed by atoms with E-state index in [0.29, 0.717) is 12.6 Å². The summed E-state index contributed by atoms with van der Waals surface area (Å²) in [5.41, 5.74) is 0.924. The molecule has 72 valence electrons. The topological polar surface area (TPSA) is 47.0 Å². The van der Waals surface area contributed by atoms with Crippen LogP contribution in [0.3, 0.4) is 0 Å². The van der Waals surface area contributed by atoms with Gasteiger partial charge in [-0.3, -0.25) is 0 Å². The van der Waals surface area contributed by atoms with Gasteiger partial charge in [0.05, 0.1) is 0 Å². The van der Waals surface area contributed by atoms with E-state index in [2.05, 4.69) is 22.2 Å². The lowest BCUT2D eigenvalue weighted by atomic mass is 10.5. The molecule has 0 spiro atoms. The molecule has 0 aromatic carbocycles. The standard InChI is InChI=1S/C9H15N3O/c1-3-10-6-7-13-9-11-5-4-8(2)12-9/h4-5,10H,3,6-7H2,1-2H3. The first kappa shape index (κ1) is 9.92. The summed E-state index contributed by atoms with van der Waals surface area (Å²) in [4.78, 5) is 8.09. The zero-order valence-corrected chi connectivity index (χ0v) is 8.08. The van der Waals surface area contributed by atoms with Crippen LogP contribution in [0.15, 0.2) is 12.3 Å². The highest BCUT2D eigenvalue weighted by molar-refractivity contribution is 5.02. The van der Waals surface area contributed by atoms with Crippen LogP contribution in [0, 0.1) is 6.92 Å². The molecule has 13 heavy (non-hydrogen) atoms. The molecule has 0 saturated carbocycles. The number of ether oxygens (including phenoxy) is 1. The molecule has 0 atom stereocenters. The van der Waals surface area contributed by atoms with Gasteiger partial charge in [0.1, 0.15) is 6.61 Å². The van der Waals surface area contributed by atoms with Crippen molar-refractivity contribution in [2.45, 2.75) is 13.8 Å². The van der Waals surface area contributed by atoms with Crippen LogP contribution in [0.25, 0.3) is 0 Å². The highest BCUT2D eigenvalue weighted by Crippen LogP contribution is 2.00. The lowest BCUT2D eigenvalue weighted by Gasteiger charge is -2.04. The Hall–Kier alpha value is -1.16. The second-order valence-electron chi connectivity index (χ2n) is 2.68. The Bertz CT molecular complexity index is 252. The monoisotopic (exact) mass is 181 g/mol. The van der Waals surface area contributed by atoms with E-state index < -0.39 is 0 Å². The van der Waals surface area contributed by atoms with Gasteiger partial charge in [-0.05, 0) is 19.5 Å². The highest BCUT2D eigenvalue weighted by atomic mass is 16.5. The summed E-state index contributed by atoms with van der Waals surface area (Å²) >= 11 is 0. The molecule has 0 radical (unpaired) electrons. The molecular weight excluding hydrogens is 166 g/mol. The van der Waals surface area contributed by atoms with Gasteiger partial charge in [-0.1, -0.05) is 6.92 Å². The first-order chi connectivity index (χ1) is 6.33. The Morgan fingerprint density at radius 1 is 1.54 bits per heavy atom. The number of hydrogen-bond donors (Lipinski definition) is 1. The molecule has 0 amide bonds. The summed E-state index contributed by atoms with van der Waals surface area (Å²) in [5.74, 6) is 0. The summed E-state index contributed by atoms with van der Waals surface area (Å²) in [6, 6.07) is 2.30. The molecule has 0 aliphatic heterocycles. The maximum Gasteiger partial charge on any atom is 0.316 e. The van der Waals surface area contributed by atoms with Crippen molar-refractivity contribution in [3.8, 4) is 6.01 Å². The molecular formula is C9H15N3O. The first-order valence-corrected chi connectivity index (χ1v) is 4.46. The normalized spacial score (nSPS) is 10.0. The molecule has 0 aliphatic carbocycles. The van der Waals surface area contributed by atoms with Crippen LogP contribution in [0.1, 0.15) is 12.6 Å². The fraction of sp³-hybridized carbons (Fsp3) is 0.556. The van der Waals surface area contributed by atoms with Crippen molar-refractivity contribution in [2.24, 2.45) is 0 Å². The van der Waals surface area contributed by atoms with Gasteiger partial charge >= 0.3 is 6.01 Å². The van der Waals surface area contributed by atoms with E-state index >= 15 is 0 Å². The fourth-order valence-corrected chi connectivity index (χ4v) is 0.887. The first-order valence-electron chi connectivity index (χ1n) is 4.46. The summed E-state index contributed by atoms with van der Waals surface area (Å²) in [6.07, 6.45) is 1.70. The summed E-state index contributed by atoms with van der Waals surface area (Å²) in [5, 5.41) is 3.15. The number of nitrogens with zero attached hydrogens (tertiary/aromatic N) is 2. The molecule has 1 aromatic heterocycles. The van der Waals surface area contributed by atoms with Crippen molar-refractivity contribution >= 4 is 0 Å². The molecule has 0 unspecified atom stereocenters. The van der Waals surface area contributed by atoms with Crippen LogP contribution in [0.5, 0.6) is 6.01 Å². The molecule has 0 saturated heterocycles. The van der Waals surface area contributed by atoms with E-state index in [4.69, 9.17) is 4.74 Å². The van der Waals surface area contributed by atoms with Crippen molar-refractivity contribution in [1.29, 1.82) is 0 Å². The molecule has 1 N–H and O–H groups in total. The second kappa shape index (κ2) is 5.48. The third kappa shape index (κ3) is 3.85. The van der Waals surface area contributed by atoms with Gasteiger partial charge in [-0.15, -0.1) is 0 Å². The molecule has 1 heterocycles. The predicted octanol–water partition coefficient (Wildman–Crippen LogP) is 0.773. The number of hydrogen-bond acceptors (Lipinski definition) is 4. The van der Waals surface area contributed by atoms with Gasteiger partial charge in [0.2, 0.25) is 0 Å². The SMILES string of the molecule is CCNCCOc1nccc(C)n1. The van der Waals surface area contributed by atoms with E-state index in [1.54, 1.807) is 6.20 Å². The van der Waals surface area contributed by atoms with Gasteiger partial charge in [0.15, 0.2) is 0 Å². The highest BCUT2D eigenvalue weighted by Gasteiger charge is 1.95. The van der Waals surface area contributed by atoms with E-state index in [1.807, 2.05) is 13.0 Å². The summed E-state index contributed by atoms with van der Waals surface area (Å²) < 4.78 is 5.30. The van der Waals surface area contributed by atoms with Crippen molar-refractivity contribution < 1.29 is 4.74 Å². The predicted molar refractivity (Wildman–Crippen MR) is 50.8 cm³/mol. The largest absolute Gasteiger partial charge is 0.462 e. The Kier molecular flexibility index (Phi) is 4.18. The fourth-order valence-electron chi connectivity index (χ4n) is 0.887. The van der Waals surface area contributed by atoms with Gasteiger partial charge < -0.3 is 10.1 Å². The van der Waals surface area contributed by atoms with Crippen LogP contribution >= 0.6 is 0 Å². The lowest BCUT2D eigenvalue weighted by molar-refractivity contribution is 0.290. The van der Waals surface area contributed by atoms with Crippen molar-refractivity contribution in [3.05, 3.63) is 18.0 Å². The maximum absolute atomic E-state index is 5.30. The number of rotatable bonds is 5. The Balaban J connectivity index is 2.28. The molecule has 4 heteroatoms. The quantitative estimate of drug-likeness (QED) is 0.682. The molecule has 1 rings (SSSR count). The molecule has 0 aliphatic rings.